The van der Waals surface area contributed by atoms with E-state index < -0.39 is 6.04 Å². The Labute approximate surface area is 302 Å². The molecular weight excluding hydrogens is 752 g/mol. The number of nitrogens with zero attached hydrogens (tertiary/aromatic N) is 3. The van der Waals surface area contributed by atoms with Gasteiger partial charge in [0.25, 0.3) is 0 Å². The molecule has 5 amide bonds. The summed E-state index contributed by atoms with van der Waals surface area (Å²) in [4.78, 5) is 48.5. The van der Waals surface area contributed by atoms with Crippen molar-refractivity contribution in [2.45, 2.75) is 44.3 Å². The Morgan fingerprint density at radius 1 is 0.939 bits per heavy atom. The first-order valence-electron chi connectivity index (χ1n) is 16.2. The molecule has 13 heteroatoms. The van der Waals surface area contributed by atoms with Gasteiger partial charge < -0.3 is 36.8 Å². The van der Waals surface area contributed by atoms with Crippen molar-refractivity contribution >= 4 is 72.6 Å². The van der Waals surface area contributed by atoms with Gasteiger partial charge in [-0.3, -0.25) is 9.78 Å². The lowest BCUT2D eigenvalue weighted by atomic mass is 10.0. The van der Waals surface area contributed by atoms with Crippen LogP contribution >= 0.6 is 31.9 Å². The zero-order chi connectivity index (χ0) is 34.3. The van der Waals surface area contributed by atoms with Crippen molar-refractivity contribution in [1.29, 1.82) is 0 Å². The number of hydrogen-bond acceptors (Lipinski definition) is 6. The van der Waals surface area contributed by atoms with Crippen molar-refractivity contribution in [3.8, 4) is 0 Å². The second kappa shape index (κ2) is 15.7. The van der Waals surface area contributed by atoms with Gasteiger partial charge in [-0.1, -0.05) is 36.4 Å². The molecule has 0 saturated carbocycles. The predicted octanol–water partition coefficient (Wildman–Crippen LogP) is 6.61. The lowest BCUT2D eigenvalue weighted by Gasteiger charge is -2.38. The molecule has 11 nitrogen and oxygen atoms in total. The van der Waals surface area contributed by atoms with Gasteiger partial charge >= 0.3 is 12.1 Å². The van der Waals surface area contributed by atoms with E-state index in [1.807, 2.05) is 77.7 Å². The van der Waals surface area contributed by atoms with Gasteiger partial charge in [-0.15, -0.1) is 0 Å². The van der Waals surface area contributed by atoms with Crippen LogP contribution in [0.2, 0.25) is 0 Å². The van der Waals surface area contributed by atoms with Crippen molar-refractivity contribution in [1.82, 2.24) is 20.1 Å². The molecule has 0 spiro atoms. The van der Waals surface area contributed by atoms with E-state index in [2.05, 4.69) is 58.1 Å². The highest BCUT2D eigenvalue weighted by atomic mass is 79.9. The van der Waals surface area contributed by atoms with E-state index >= 15 is 0 Å². The third-order valence-corrected chi connectivity index (χ3v) is 10.2. The van der Waals surface area contributed by atoms with Gasteiger partial charge in [0, 0.05) is 65.7 Å². The summed E-state index contributed by atoms with van der Waals surface area (Å²) in [6, 6.07) is 21.5. The van der Waals surface area contributed by atoms with Crippen LogP contribution in [0.5, 0.6) is 0 Å². The quantitative estimate of drug-likeness (QED) is 0.121. The summed E-state index contributed by atoms with van der Waals surface area (Å²) in [6.45, 7) is 2.06. The largest absolute Gasteiger partial charge is 0.397 e. The molecule has 3 aromatic carbocycles. The lowest BCUT2D eigenvalue weighted by molar-refractivity contribution is -0.118. The van der Waals surface area contributed by atoms with Crippen LogP contribution in [0.25, 0.3) is 0 Å². The van der Waals surface area contributed by atoms with Gasteiger partial charge in [0.1, 0.15) is 6.04 Å². The molecule has 1 aromatic heterocycles. The number of para-hydroxylation sites is 3. The smallest absolute Gasteiger partial charge is 0.322 e. The fourth-order valence-electron chi connectivity index (χ4n) is 6.22. The minimum atomic E-state index is -0.895. The van der Waals surface area contributed by atoms with Crippen molar-refractivity contribution in [2.24, 2.45) is 0 Å². The number of aromatic nitrogens is 1. The Morgan fingerprint density at radius 2 is 1.65 bits per heavy atom. The Balaban J connectivity index is 1.13. The molecule has 1 atom stereocenters. The SMILES string of the molecule is Nc1c(Br)cc(C[C@@H](NC(=O)N2CCC(N3CCc4ccccc4NC3=O)CC2)C(=O)Nc2ccccc2NCc2cccnc2)cc1Br. The normalized spacial score (nSPS) is 15.4. The van der Waals surface area contributed by atoms with E-state index in [0.717, 1.165) is 34.5 Å². The van der Waals surface area contributed by atoms with Crippen LogP contribution in [-0.4, -0.2) is 64.5 Å². The summed E-state index contributed by atoms with van der Waals surface area (Å²) in [5.41, 5.74) is 11.8. The Bertz CT molecular complexity index is 1790. The molecule has 1 fully saturated rings. The van der Waals surface area contributed by atoms with Gasteiger partial charge in [-0.25, -0.2) is 9.59 Å². The van der Waals surface area contributed by atoms with E-state index in [1.165, 1.54) is 0 Å². The monoisotopic (exact) mass is 788 g/mol. The first kappa shape index (κ1) is 34.3. The van der Waals surface area contributed by atoms with E-state index in [-0.39, 0.29) is 30.4 Å². The molecule has 2 aliphatic rings. The number of nitrogens with one attached hydrogen (secondary N) is 4. The number of fused-ring (bicyclic) bond motifs is 1. The minimum Gasteiger partial charge on any atom is -0.397 e. The molecule has 2 aliphatic heterocycles. The molecule has 0 unspecified atom stereocenters. The number of nitrogens with two attached hydrogens (primary N) is 1. The van der Waals surface area contributed by atoms with Crippen molar-refractivity contribution in [2.75, 3.05) is 41.3 Å². The van der Waals surface area contributed by atoms with Crippen molar-refractivity contribution in [3.05, 3.63) is 111 Å². The van der Waals surface area contributed by atoms with Crippen LogP contribution in [0.1, 0.15) is 29.5 Å². The summed E-state index contributed by atoms with van der Waals surface area (Å²) in [5, 5.41) is 12.5. The second-order valence-electron chi connectivity index (χ2n) is 12.2. The Hall–Kier alpha value is -4.62. The first-order valence-corrected chi connectivity index (χ1v) is 17.8. The maximum Gasteiger partial charge on any atom is 0.322 e. The topological polar surface area (TPSA) is 145 Å². The molecule has 6 rings (SSSR count). The molecule has 1 saturated heterocycles. The third kappa shape index (κ3) is 8.52. The van der Waals surface area contributed by atoms with Gasteiger partial charge in [0.15, 0.2) is 0 Å². The second-order valence-corrected chi connectivity index (χ2v) is 13.9. The minimum absolute atomic E-state index is 0.0117. The van der Waals surface area contributed by atoms with E-state index in [1.54, 1.807) is 17.3 Å². The number of likely N-dealkylation sites (tertiary alicyclic amines) is 1. The molecule has 4 aromatic rings. The molecule has 0 aliphatic carbocycles. The van der Waals surface area contributed by atoms with Crippen LogP contribution in [0.15, 0.2) is 94.1 Å². The first-order chi connectivity index (χ1) is 23.7. The van der Waals surface area contributed by atoms with E-state index in [0.29, 0.717) is 59.3 Å². The summed E-state index contributed by atoms with van der Waals surface area (Å²) in [5.74, 6) is -0.358. The molecule has 6 N–H and O–H groups in total. The lowest BCUT2D eigenvalue weighted by Crippen LogP contribution is -2.55. The standard InChI is InChI=1S/C36H38Br2N8O3/c37-27-18-24(19-28(38)33(27)39)20-32(34(47)42-31-10-4-3-9-30(31)41-22-23-6-5-14-40-21-23)44-35(48)45-15-12-26(13-16-45)46-17-11-25-7-1-2-8-29(25)43-36(46)49/h1-10,14,18-19,21,26,32,41H,11-13,15-17,20,22,39H2,(H,42,47)(H,43,49)(H,44,48)/t32-/m1/s1. The van der Waals surface area contributed by atoms with Crippen LogP contribution in [0.4, 0.5) is 32.3 Å². The number of rotatable bonds is 9. The fourth-order valence-corrected chi connectivity index (χ4v) is 7.51. The maximum absolute atomic E-state index is 13.9. The Morgan fingerprint density at radius 3 is 2.39 bits per heavy atom. The number of piperidine rings is 1. The predicted molar refractivity (Wildman–Crippen MR) is 199 cm³/mol. The van der Waals surface area contributed by atoms with Crippen molar-refractivity contribution < 1.29 is 14.4 Å². The molecule has 0 bridgehead atoms. The highest BCUT2D eigenvalue weighted by Gasteiger charge is 2.33. The number of hydrogen-bond donors (Lipinski definition) is 5. The number of anilines is 4. The maximum atomic E-state index is 13.9. The molecule has 0 radical (unpaired) electrons. The number of benzene rings is 3. The average Bonchev–Trinajstić information content (AvgIpc) is 3.28. The Kier molecular flexibility index (Phi) is 11.0. The highest BCUT2D eigenvalue weighted by Crippen LogP contribution is 2.31. The zero-order valence-corrected chi connectivity index (χ0v) is 30.0. The molecule has 3 heterocycles. The number of urea groups is 2. The summed E-state index contributed by atoms with van der Waals surface area (Å²) < 4.78 is 1.38. The summed E-state index contributed by atoms with van der Waals surface area (Å²) in [7, 11) is 0. The van der Waals surface area contributed by atoms with Crippen molar-refractivity contribution in [3.63, 3.8) is 0 Å². The zero-order valence-electron chi connectivity index (χ0n) is 26.8. The van der Waals surface area contributed by atoms with Crippen LogP contribution < -0.4 is 27.0 Å². The molecule has 254 valence electrons. The van der Waals surface area contributed by atoms with Gasteiger partial charge in [0.05, 0.1) is 17.1 Å². The van der Waals surface area contributed by atoms with E-state index in [9.17, 15) is 14.4 Å². The van der Waals surface area contributed by atoms with Gasteiger partial charge in [-0.2, -0.15) is 0 Å². The van der Waals surface area contributed by atoms with E-state index in [4.69, 9.17) is 5.73 Å². The van der Waals surface area contributed by atoms with Crippen LogP contribution in [-0.2, 0) is 24.2 Å². The highest BCUT2D eigenvalue weighted by molar-refractivity contribution is 9.11. The average molecular weight is 791 g/mol. The number of carbonyl (C=O) groups is 3. The van der Waals surface area contributed by atoms with Crippen LogP contribution in [0, 0.1) is 0 Å². The van der Waals surface area contributed by atoms with Crippen LogP contribution in [0.3, 0.4) is 0 Å². The summed E-state index contributed by atoms with van der Waals surface area (Å²) >= 11 is 6.99. The third-order valence-electron chi connectivity index (χ3n) is 8.92. The number of carbonyl (C=O) groups excluding carboxylic acids is 3. The number of amides is 5. The molecule has 49 heavy (non-hydrogen) atoms. The number of nitrogen functional groups attached to an aromatic ring is 1. The van der Waals surface area contributed by atoms with Gasteiger partial charge in [-0.05, 0) is 104 Å². The fraction of sp³-hybridized carbons (Fsp3) is 0.278. The molecular formula is C36H38Br2N8O3. The summed E-state index contributed by atoms with van der Waals surface area (Å²) in [6.07, 6.45) is 5.79. The number of halogens is 2. The van der Waals surface area contributed by atoms with Gasteiger partial charge in [0.2, 0.25) is 5.91 Å². The number of pyridine rings is 1.